The van der Waals surface area contributed by atoms with Crippen LogP contribution < -0.4 is 5.32 Å². The molecule has 1 atom stereocenters. The highest BCUT2D eigenvalue weighted by molar-refractivity contribution is 6.43. The third-order valence-electron chi connectivity index (χ3n) is 5.34. The molecule has 1 aromatic rings. The van der Waals surface area contributed by atoms with Gasteiger partial charge in [-0.05, 0) is 31.9 Å². The maximum atomic E-state index is 12.7. The van der Waals surface area contributed by atoms with Crippen molar-refractivity contribution in [3.63, 3.8) is 0 Å². The van der Waals surface area contributed by atoms with E-state index in [-0.39, 0.29) is 28.3 Å². The number of rotatable bonds is 4. The Kier molecular flexibility index (Phi) is 5.96. The van der Waals surface area contributed by atoms with Gasteiger partial charge >= 0.3 is 0 Å². The van der Waals surface area contributed by atoms with Gasteiger partial charge in [0, 0.05) is 44.6 Å². The van der Waals surface area contributed by atoms with Crippen molar-refractivity contribution >= 4 is 40.9 Å². The van der Waals surface area contributed by atoms with Crippen molar-refractivity contribution in [2.45, 2.75) is 38.1 Å². The molecule has 2 aliphatic heterocycles. The van der Waals surface area contributed by atoms with Crippen molar-refractivity contribution in [1.82, 2.24) is 15.1 Å². The molecule has 1 aromatic carbocycles. The molecule has 1 unspecified atom stereocenters. The Labute approximate surface area is 168 Å². The molecule has 3 amide bonds. The molecule has 2 fully saturated rings. The fourth-order valence-corrected chi connectivity index (χ4v) is 3.96. The maximum absolute atomic E-state index is 12.7. The highest BCUT2D eigenvalue weighted by Gasteiger charge is 2.34. The predicted molar refractivity (Wildman–Crippen MR) is 104 cm³/mol. The van der Waals surface area contributed by atoms with Crippen LogP contribution in [0.5, 0.6) is 0 Å². The Morgan fingerprint density at radius 1 is 1.15 bits per heavy atom. The lowest BCUT2D eigenvalue weighted by atomic mass is 9.94. The van der Waals surface area contributed by atoms with Crippen molar-refractivity contribution in [3.05, 3.63) is 33.8 Å². The number of nitrogens with zero attached hydrogens (tertiary/aromatic N) is 2. The fourth-order valence-electron chi connectivity index (χ4n) is 3.58. The van der Waals surface area contributed by atoms with E-state index in [1.165, 1.54) is 0 Å². The lowest BCUT2D eigenvalue weighted by Crippen LogP contribution is -2.51. The smallest absolute Gasteiger partial charge is 0.255 e. The number of halogens is 2. The van der Waals surface area contributed by atoms with Crippen molar-refractivity contribution in [2.24, 2.45) is 0 Å². The van der Waals surface area contributed by atoms with E-state index >= 15 is 0 Å². The van der Waals surface area contributed by atoms with Crippen LogP contribution in [0.15, 0.2) is 18.2 Å². The van der Waals surface area contributed by atoms with Gasteiger partial charge in [0.1, 0.15) is 0 Å². The zero-order chi connectivity index (χ0) is 19.6. The van der Waals surface area contributed by atoms with Crippen LogP contribution in [0.25, 0.3) is 0 Å². The van der Waals surface area contributed by atoms with Crippen LogP contribution in [0, 0.1) is 0 Å². The Hall–Kier alpha value is -1.79. The molecule has 3 rings (SSSR count). The molecule has 0 radical (unpaired) electrons. The van der Waals surface area contributed by atoms with Crippen molar-refractivity contribution < 1.29 is 14.4 Å². The SMILES string of the molecule is CC1(CCC(=O)N2CCN(C(=O)c3cccc(Cl)c3Cl)CC2)CCC(=O)N1. The highest BCUT2D eigenvalue weighted by atomic mass is 35.5. The van der Waals surface area contributed by atoms with Gasteiger partial charge in [0.2, 0.25) is 11.8 Å². The van der Waals surface area contributed by atoms with E-state index < -0.39 is 0 Å². The minimum atomic E-state index is -0.284. The molecule has 2 aliphatic rings. The van der Waals surface area contributed by atoms with Crippen LogP contribution in [0.3, 0.4) is 0 Å². The zero-order valence-electron chi connectivity index (χ0n) is 15.3. The van der Waals surface area contributed by atoms with Gasteiger partial charge in [0.25, 0.3) is 5.91 Å². The summed E-state index contributed by atoms with van der Waals surface area (Å²) in [6.07, 6.45) is 2.32. The van der Waals surface area contributed by atoms with Gasteiger partial charge < -0.3 is 15.1 Å². The number of piperazine rings is 1. The average Bonchev–Trinajstić information content (AvgIpc) is 3.01. The van der Waals surface area contributed by atoms with Crippen molar-refractivity contribution in [2.75, 3.05) is 26.2 Å². The molecule has 27 heavy (non-hydrogen) atoms. The number of nitrogens with one attached hydrogen (secondary N) is 1. The van der Waals surface area contributed by atoms with Crippen LogP contribution in [-0.4, -0.2) is 59.2 Å². The van der Waals surface area contributed by atoms with Gasteiger partial charge in [-0.2, -0.15) is 0 Å². The molecule has 0 spiro atoms. The van der Waals surface area contributed by atoms with Gasteiger partial charge in [0.15, 0.2) is 0 Å². The van der Waals surface area contributed by atoms with E-state index in [1.807, 2.05) is 6.92 Å². The first-order valence-corrected chi connectivity index (χ1v) is 9.87. The molecule has 0 aromatic heterocycles. The van der Waals surface area contributed by atoms with Crippen LogP contribution >= 0.6 is 23.2 Å². The summed E-state index contributed by atoms with van der Waals surface area (Å²) >= 11 is 12.1. The van der Waals surface area contributed by atoms with Crippen LogP contribution in [0.4, 0.5) is 0 Å². The molecule has 1 N–H and O–H groups in total. The number of amides is 3. The van der Waals surface area contributed by atoms with E-state index in [1.54, 1.807) is 28.0 Å². The van der Waals surface area contributed by atoms with Crippen LogP contribution in [-0.2, 0) is 9.59 Å². The van der Waals surface area contributed by atoms with Gasteiger partial charge in [-0.25, -0.2) is 0 Å². The number of benzene rings is 1. The lowest BCUT2D eigenvalue weighted by Gasteiger charge is -2.35. The normalized spacial score (nSPS) is 22.7. The molecule has 0 bridgehead atoms. The summed E-state index contributed by atoms with van der Waals surface area (Å²) in [6.45, 7) is 3.89. The third-order valence-corrected chi connectivity index (χ3v) is 6.16. The van der Waals surface area contributed by atoms with Crippen molar-refractivity contribution in [3.8, 4) is 0 Å². The number of hydrogen-bond acceptors (Lipinski definition) is 3. The first kappa shape index (κ1) is 20.0. The summed E-state index contributed by atoms with van der Waals surface area (Å²) in [5, 5.41) is 3.56. The third kappa shape index (κ3) is 4.55. The number of carbonyl (C=O) groups excluding carboxylic acids is 3. The highest BCUT2D eigenvalue weighted by Crippen LogP contribution is 2.27. The minimum Gasteiger partial charge on any atom is -0.351 e. The first-order chi connectivity index (χ1) is 12.8. The summed E-state index contributed by atoms with van der Waals surface area (Å²) in [5.74, 6) is -0.0576. The van der Waals surface area contributed by atoms with Crippen molar-refractivity contribution in [1.29, 1.82) is 0 Å². The molecule has 0 saturated carbocycles. The molecular weight excluding hydrogens is 389 g/mol. The minimum absolute atomic E-state index is 0.0525. The topological polar surface area (TPSA) is 69.7 Å². The molecular formula is C19H23Cl2N3O3. The fraction of sp³-hybridized carbons (Fsp3) is 0.526. The van der Waals surface area contributed by atoms with E-state index in [0.717, 1.165) is 6.42 Å². The summed E-state index contributed by atoms with van der Waals surface area (Å²) in [4.78, 5) is 40.0. The lowest BCUT2D eigenvalue weighted by molar-refractivity contribution is -0.133. The summed E-state index contributed by atoms with van der Waals surface area (Å²) in [7, 11) is 0. The summed E-state index contributed by atoms with van der Waals surface area (Å²) < 4.78 is 0. The standard InChI is InChI=1S/C19H23Cl2N3O3/c1-19(7-5-15(25)22-19)8-6-16(26)23-9-11-24(12-10-23)18(27)13-3-2-4-14(20)17(13)21/h2-4H,5-12H2,1H3,(H,22,25). The second-order valence-electron chi connectivity index (χ2n) is 7.38. The molecule has 6 nitrogen and oxygen atoms in total. The van der Waals surface area contributed by atoms with Gasteiger partial charge in [-0.1, -0.05) is 29.3 Å². The molecule has 2 saturated heterocycles. The molecule has 8 heteroatoms. The average molecular weight is 412 g/mol. The Morgan fingerprint density at radius 3 is 2.44 bits per heavy atom. The molecule has 0 aliphatic carbocycles. The Bertz CT molecular complexity index is 763. The molecule has 2 heterocycles. The second kappa shape index (κ2) is 8.07. The second-order valence-corrected chi connectivity index (χ2v) is 8.17. The largest absolute Gasteiger partial charge is 0.351 e. The predicted octanol–water partition coefficient (Wildman–Crippen LogP) is 2.73. The monoisotopic (exact) mass is 411 g/mol. The van der Waals surface area contributed by atoms with Crippen LogP contribution in [0.1, 0.15) is 43.0 Å². The Morgan fingerprint density at radius 2 is 1.81 bits per heavy atom. The van der Waals surface area contributed by atoms with Gasteiger partial charge in [0.05, 0.1) is 15.6 Å². The number of carbonyl (C=O) groups is 3. The molecule has 146 valence electrons. The van der Waals surface area contributed by atoms with E-state index in [0.29, 0.717) is 56.0 Å². The quantitative estimate of drug-likeness (QED) is 0.827. The van der Waals surface area contributed by atoms with E-state index in [2.05, 4.69) is 5.32 Å². The summed E-state index contributed by atoms with van der Waals surface area (Å²) in [5.41, 5.74) is 0.0993. The van der Waals surface area contributed by atoms with Crippen LogP contribution in [0.2, 0.25) is 10.0 Å². The van der Waals surface area contributed by atoms with Gasteiger partial charge in [-0.3, -0.25) is 14.4 Å². The van der Waals surface area contributed by atoms with E-state index in [4.69, 9.17) is 23.2 Å². The number of hydrogen-bond donors (Lipinski definition) is 1. The Balaban J connectivity index is 1.51. The van der Waals surface area contributed by atoms with E-state index in [9.17, 15) is 14.4 Å². The van der Waals surface area contributed by atoms with Gasteiger partial charge in [-0.15, -0.1) is 0 Å². The maximum Gasteiger partial charge on any atom is 0.255 e. The summed E-state index contributed by atoms with van der Waals surface area (Å²) in [6, 6.07) is 5.00. The first-order valence-electron chi connectivity index (χ1n) is 9.11. The zero-order valence-corrected chi connectivity index (χ0v) is 16.8.